The Kier molecular flexibility index (Phi) is 3.64. The molecule has 1 aliphatic rings. The van der Waals surface area contributed by atoms with Gasteiger partial charge in [0.15, 0.2) is 0 Å². The summed E-state index contributed by atoms with van der Waals surface area (Å²) in [6.07, 6.45) is 10.2. The van der Waals surface area contributed by atoms with Gasteiger partial charge in [-0.15, -0.1) is 0 Å². The maximum atomic E-state index is 4.24. The number of imidazole rings is 1. The molecule has 0 aliphatic heterocycles. The molecule has 1 heterocycles. The average molecular weight is 221 g/mol. The molecule has 1 aromatic heterocycles. The molecule has 3 heteroatoms. The number of hydrogen-bond acceptors (Lipinski definition) is 2. The van der Waals surface area contributed by atoms with E-state index in [0.29, 0.717) is 11.5 Å². The molecule has 90 valence electrons. The van der Waals surface area contributed by atoms with E-state index in [9.17, 15) is 0 Å². The minimum absolute atomic E-state index is 0.460. The Morgan fingerprint density at radius 3 is 3.06 bits per heavy atom. The lowest BCUT2D eigenvalue weighted by Gasteiger charge is -2.39. The van der Waals surface area contributed by atoms with Crippen LogP contribution in [0.4, 0.5) is 0 Å². The lowest BCUT2D eigenvalue weighted by molar-refractivity contribution is 0.168. The van der Waals surface area contributed by atoms with Crippen molar-refractivity contribution in [3.8, 4) is 0 Å². The lowest BCUT2D eigenvalue weighted by Crippen LogP contribution is -2.44. The van der Waals surface area contributed by atoms with Crippen LogP contribution in [0.5, 0.6) is 0 Å². The van der Waals surface area contributed by atoms with Crippen molar-refractivity contribution < 1.29 is 0 Å². The SMILES string of the molecule is CC1(C)CCCCC1NCCc1ncc[nH]1. The monoisotopic (exact) mass is 221 g/mol. The Hall–Kier alpha value is -0.830. The summed E-state index contributed by atoms with van der Waals surface area (Å²) >= 11 is 0. The van der Waals surface area contributed by atoms with Gasteiger partial charge in [-0.25, -0.2) is 4.98 Å². The van der Waals surface area contributed by atoms with E-state index in [0.717, 1.165) is 18.8 Å². The topological polar surface area (TPSA) is 40.7 Å². The molecule has 1 atom stereocenters. The average Bonchev–Trinajstić information content (AvgIpc) is 2.73. The van der Waals surface area contributed by atoms with E-state index in [-0.39, 0.29) is 0 Å². The molecule has 1 aromatic rings. The Morgan fingerprint density at radius 2 is 2.38 bits per heavy atom. The van der Waals surface area contributed by atoms with Gasteiger partial charge in [-0.05, 0) is 18.3 Å². The van der Waals surface area contributed by atoms with Crippen LogP contribution in [0.1, 0.15) is 45.4 Å². The molecule has 0 aromatic carbocycles. The summed E-state index contributed by atoms with van der Waals surface area (Å²) in [5, 5.41) is 3.69. The zero-order chi connectivity index (χ0) is 11.4. The van der Waals surface area contributed by atoms with Gasteiger partial charge in [0.2, 0.25) is 0 Å². The van der Waals surface area contributed by atoms with E-state index < -0.39 is 0 Å². The summed E-state index contributed by atoms with van der Waals surface area (Å²) in [5.41, 5.74) is 0.460. The zero-order valence-corrected chi connectivity index (χ0v) is 10.4. The van der Waals surface area contributed by atoms with Gasteiger partial charge >= 0.3 is 0 Å². The number of H-pyrrole nitrogens is 1. The molecule has 1 saturated carbocycles. The standard InChI is InChI=1S/C13H23N3/c1-13(2)7-4-3-5-11(13)14-8-6-12-15-9-10-16-12/h9-11,14H,3-8H2,1-2H3,(H,15,16). The second-order valence-electron chi connectivity index (χ2n) is 5.53. The van der Waals surface area contributed by atoms with Crippen LogP contribution in [0.2, 0.25) is 0 Å². The smallest absolute Gasteiger partial charge is 0.107 e. The van der Waals surface area contributed by atoms with E-state index in [1.807, 2.05) is 12.4 Å². The first-order valence-corrected chi connectivity index (χ1v) is 6.40. The normalized spacial score (nSPS) is 24.5. The molecule has 0 spiro atoms. The van der Waals surface area contributed by atoms with Crippen LogP contribution >= 0.6 is 0 Å². The highest BCUT2D eigenvalue weighted by Gasteiger charge is 2.31. The Labute approximate surface area is 98.1 Å². The molecule has 1 unspecified atom stereocenters. The summed E-state index contributed by atoms with van der Waals surface area (Å²) < 4.78 is 0. The van der Waals surface area contributed by atoms with Gasteiger partial charge < -0.3 is 10.3 Å². The predicted octanol–water partition coefficient (Wildman–Crippen LogP) is 2.51. The first kappa shape index (κ1) is 11.6. The van der Waals surface area contributed by atoms with Crippen LogP contribution in [0.25, 0.3) is 0 Å². The van der Waals surface area contributed by atoms with Gasteiger partial charge in [0.1, 0.15) is 5.82 Å². The van der Waals surface area contributed by atoms with Crippen molar-refractivity contribution in [1.82, 2.24) is 15.3 Å². The van der Waals surface area contributed by atoms with Gasteiger partial charge in [0.25, 0.3) is 0 Å². The van der Waals surface area contributed by atoms with Crippen LogP contribution < -0.4 is 5.32 Å². The van der Waals surface area contributed by atoms with E-state index in [1.54, 1.807) is 0 Å². The number of aromatic amines is 1. The summed E-state index contributed by atoms with van der Waals surface area (Å²) in [6, 6.07) is 0.677. The van der Waals surface area contributed by atoms with Gasteiger partial charge in [0, 0.05) is 31.4 Å². The van der Waals surface area contributed by atoms with E-state index in [4.69, 9.17) is 0 Å². The largest absolute Gasteiger partial charge is 0.349 e. The quantitative estimate of drug-likeness (QED) is 0.820. The Bertz CT molecular complexity index is 303. The summed E-state index contributed by atoms with van der Waals surface area (Å²) in [4.78, 5) is 7.38. The van der Waals surface area contributed by atoms with E-state index >= 15 is 0 Å². The Morgan fingerprint density at radius 1 is 1.50 bits per heavy atom. The fourth-order valence-electron chi connectivity index (χ4n) is 2.67. The van der Waals surface area contributed by atoms with Crippen molar-refractivity contribution in [2.24, 2.45) is 5.41 Å². The van der Waals surface area contributed by atoms with Crippen LogP contribution in [0.15, 0.2) is 12.4 Å². The molecule has 0 amide bonds. The van der Waals surface area contributed by atoms with Crippen molar-refractivity contribution >= 4 is 0 Å². The highest BCUT2D eigenvalue weighted by atomic mass is 14.9. The molecule has 1 aliphatic carbocycles. The summed E-state index contributed by atoms with van der Waals surface area (Å²) in [5.74, 6) is 1.08. The summed E-state index contributed by atoms with van der Waals surface area (Å²) in [6.45, 7) is 5.80. The fourth-order valence-corrected chi connectivity index (χ4v) is 2.67. The molecule has 3 nitrogen and oxygen atoms in total. The third-order valence-electron chi connectivity index (χ3n) is 3.81. The van der Waals surface area contributed by atoms with Crippen LogP contribution in [-0.2, 0) is 6.42 Å². The second-order valence-corrected chi connectivity index (χ2v) is 5.53. The van der Waals surface area contributed by atoms with Gasteiger partial charge in [-0.1, -0.05) is 26.7 Å². The maximum absolute atomic E-state index is 4.24. The van der Waals surface area contributed by atoms with Crippen molar-refractivity contribution in [3.05, 3.63) is 18.2 Å². The third-order valence-corrected chi connectivity index (χ3v) is 3.81. The van der Waals surface area contributed by atoms with Gasteiger partial charge in [-0.3, -0.25) is 0 Å². The molecule has 0 saturated heterocycles. The molecule has 16 heavy (non-hydrogen) atoms. The highest BCUT2D eigenvalue weighted by molar-refractivity contribution is 4.91. The first-order valence-electron chi connectivity index (χ1n) is 6.40. The summed E-state index contributed by atoms with van der Waals surface area (Å²) in [7, 11) is 0. The minimum atomic E-state index is 0.460. The zero-order valence-electron chi connectivity index (χ0n) is 10.4. The van der Waals surface area contributed by atoms with Crippen LogP contribution in [0, 0.1) is 5.41 Å². The number of nitrogens with zero attached hydrogens (tertiary/aromatic N) is 1. The Balaban J connectivity index is 1.76. The second kappa shape index (κ2) is 5.00. The van der Waals surface area contributed by atoms with Crippen molar-refractivity contribution in [2.45, 2.75) is 52.0 Å². The van der Waals surface area contributed by atoms with Crippen LogP contribution in [-0.4, -0.2) is 22.6 Å². The van der Waals surface area contributed by atoms with Crippen molar-refractivity contribution in [1.29, 1.82) is 0 Å². The molecular weight excluding hydrogens is 198 g/mol. The van der Waals surface area contributed by atoms with Crippen LogP contribution in [0.3, 0.4) is 0 Å². The van der Waals surface area contributed by atoms with Gasteiger partial charge in [0.05, 0.1) is 0 Å². The third kappa shape index (κ3) is 2.85. The predicted molar refractivity (Wildman–Crippen MR) is 66.3 cm³/mol. The number of nitrogens with one attached hydrogen (secondary N) is 2. The molecule has 0 bridgehead atoms. The highest BCUT2D eigenvalue weighted by Crippen LogP contribution is 2.35. The van der Waals surface area contributed by atoms with Gasteiger partial charge in [-0.2, -0.15) is 0 Å². The minimum Gasteiger partial charge on any atom is -0.349 e. The molecule has 2 N–H and O–H groups in total. The fraction of sp³-hybridized carbons (Fsp3) is 0.769. The molecule has 0 radical (unpaired) electrons. The molecule has 2 rings (SSSR count). The first-order chi connectivity index (χ1) is 7.68. The molecular formula is C13H23N3. The lowest BCUT2D eigenvalue weighted by atomic mass is 9.73. The van der Waals surface area contributed by atoms with E-state index in [1.165, 1.54) is 25.7 Å². The number of aromatic nitrogens is 2. The molecule has 1 fully saturated rings. The van der Waals surface area contributed by atoms with Crippen molar-refractivity contribution in [3.63, 3.8) is 0 Å². The number of hydrogen-bond donors (Lipinski definition) is 2. The van der Waals surface area contributed by atoms with E-state index in [2.05, 4.69) is 29.1 Å². The number of rotatable bonds is 4. The maximum Gasteiger partial charge on any atom is 0.107 e. The van der Waals surface area contributed by atoms with Crippen molar-refractivity contribution in [2.75, 3.05) is 6.54 Å².